The fourth-order valence-electron chi connectivity index (χ4n) is 2.57. The lowest BCUT2D eigenvalue weighted by molar-refractivity contribution is -0.385. The number of carbonyl (C=O) groups excluding carboxylic acids is 1. The number of nitro groups is 1. The monoisotopic (exact) mass is 331 g/mol. The molecule has 1 aromatic heterocycles. The highest BCUT2D eigenvalue weighted by Gasteiger charge is 2.28. The normalized spacial score (nSPS) is 17.6. The van der Waals surface area contributed by atoms with Crippen LogP contribution in [0.5, 0.6) is 0 Å². The number of aromatic nitrogens is 2. The zero-order valence-electron chi connectivity index (χ0n) is 12.6. The smallest absolute Gasteiger partial charge is 0.322 e. The van der Waals surface area contributed by atoms with Crippen LogP contribution >= 0.6 is 12.4 Å². The average Bonchev–Trinajstić information content (AvgIpc) is 2.90. The summed E-state index contributed by atoms with van der Waals surface area (Å²) >= 11 is 0. The van der Waals surface area contributed by atoms with Gasteiger partial charge in [-0.1, -0.05) is 13.3 Å². The number of nitrogens with zero attached hydrogens (tertiary/aromatic N) is 2. The molecular weight excluding hydrogens is 310 g/mol. The van der Waals surface area contributed by atoms with Gasteiger partial charge in [0.25, 0.3) is 5.91 Å². The van der Waals surface area contributed by atoms with E-state index in [2.05, 4.69) is 20.8 Å². The van der Waals surface area contributed by atoms with E-state index >= 15 is 0 Å². The SMILES string of the molecule is CCCc1[nH]nc(C(=O)NCC2CCCNC2)c1[N+](=O)[O-].Cl. The molecule has 2 rings (SSSR count). The van der Waals surface area contributed by atoms with Crippen molar-refractivity contribution in [2.45, 2.75) is 32.6 Å². The molecule has 1 atom stereocenters. The third-order valence-electron chi connectivity index (χ3n) is 3.66. The van der Waals surface area contributed by atoms with Gasteiger partial charge in [0, 0.05) is 6.54 Å². The van der Waals surface area contributed by atoms with Gasteiger partial charge in [-0.2, -0.15) is 5.10 Å². The highest BCUT2D eigenvalue weighted by molar-refractivity contribution is 5.96. The molecule has 1 fully saturated rings. The molecule has 1 unspecified atom stereocenters. The summed E-state index contributed by atoms with van der Waals surface area (Å²) in [4.78, 5) is 22.7. The maximum absolute atomic E-state index is 12.1. The van der Waals surface area contributed by atoms with Gasteiger partial charge in [-0.3, -0.25) is 20.0 Å². The molecular formula is C13H22ClN5O3. The lowest BCUT2D eigenvalue weighted by Gasteiger charge is -2.22. The molecule has 0 spiro atoms. The van der Waals surface area contributed by atoms with Crippen molar-refractivity contribution in [1.82, 2.24) is 20.8 Å². The quantitative estimate of drug-likeness (QED) is 0.539. The summed E-state index contributed by atoms with van der Waals surface area (Å²) in [5.41, 5.74) is 0.0929. The first-order valence-corrected chi connectivity index (χ1v) is 7.34. The number of hydrogen-bond donors (Lipinski definition) is 3. The molecule has 3 N–H and O–H groups in total. The minimum absolute atomic E-state index is 0. The molecule has 2 heterocycles. The standard InChI is InChI=1S/C13H21N5O3.ClH/c1-2-4-10-12(18(20)21)11(17-16-10)13(19)15-8-9-5-3-6-14-7-9;/h9,14H,2-8H2,1H3,(H,15,19)(H,16,17);1H. The fourth-order valence-corrected chi connectivity index (χ4v) is 2.57. The Bertz CT molecular complexity index is 514. The third kappa shape index (κ3) is 4.41. The summed E-state index contributed by atoms with van der Waals surface area (Å²) in [6.07, 6.45) is 3.39. The van der Waals surface area contributed by atoms with Crippen LogP contribution in [-0.2, 0) is 6.42 Å². The van der Waals surface area contributed by atoms with Crippen molar-refractivity contribution < 1.29 is 9.72 Å². The predicted octanol–water partition coefficient (Wildman–Crippen LogP) is 1.42. The molecule has 124 valence electrons. The van der Waals surface area contributed by atoms with E-state index in [0.29, 0.717) is 24.6 Å². The molecule has 22 heavy (non-hydrogen) atoms. The lowest BCUT2D eigenvalue weighted by Crippen LogP contribution is -2.38. The van der Waals surface area contributed by atoms with E-state index < -0.39 is 10.8 Å². The summed E-state index contributed by atoms with van der Waals surface area (Å²) < 4.78 is 0. The Morgan fingerprint density at radius 3 is 2.91 bits per heavy atom. The maximum Gasteiger partial charge on any atom is 0.322 e. The second-order valence-electron chi connectivity index (χ2n) is 5.33. The molecule has 0 saturated carbocycles. The van der Waals surface area contributed by atoms with Gasteiger partial charge in [0.15, 0.2) is 0 Å². The summed E-state index contributed by atoms with van der Waals surface area (Å²) in [5.74, 6) is -0.110. The number of halogens is 1. The van der Waals surface area contributed by atoms with E-state index in [1.807, 2.05) is 6.92 Å². The van der Waals surface area contributed by atoms with Gasteiger partial charge >= 0.3 is 5.69 Å². The first kappa shape index (κ1) is 18.4. The Labute approximate surface area is 135 Å². The predicted molar refractivity (Wildman–Crippen MR) is 84.4 cm³/mol. The molecule has 1 amide bonds. The second-order valence-corrected chi connectivity index (χ2v) is 5.33. The number of nitrogens with one attached hydrogen (secondary N) is 3. The van der Waals surface area contributed by atoms with E-state index in [0.717, 1.165) is 32.4 Å². The van der Waals surface area contributed by atoms with Crippen molar-refractivity contribution in [3.05, 3.63) is 21.5 Å². The lowest BCUT2D eigenvalue weighted by atomic mass is 10.00. The number of aryl methyl sites for hydroxylation is 1. The minimum atomic E-state index is -0.536. The Morgan fingerprint density at radius 1 is 1.55 bits per heavy atom. The summed E-state index contributed by atoms with van der Waals surface area (Å²) in [7, 11) is 0. The molecule has 1 aromatic rings. The zero-order valence-corrected chi connectivity index (χ0v) is 13.4. The first-order valence-electron chi connectivity index (χ1n) is 7.34. The van der Waals surface area contributed by atoms with Crippen LogP contribution in [0.4, 0.5) is 5.69 Å². The molecule has 9 heteroatoms. The van der Waals surface area contributed by atoms with Gasteiger partial charge in [0.05, 0.1) is 4.92 Å². The Kier molecular flexibility index (Phi) is 7.26. The first-order chi connectivity index (χ1) is 10.1. The highest BCUT2D eigenvalue weighted by atomic mass is 35.5. The van der Waals surface area contributed by atoms with Crippen LogP contribution in [0.3, 0.4) is 0 Å². The Hall–Kier alpha value is -1.67. The second kappa shape index (κ2) is 8.70. The third-order valence-corrected chi connectivity index (χ3v) is 3.66. The van der Waals surface area contributed by atoms with Crippen molar-refractivity contribution in [3.8, 4) is 0 Å². The number of piperidine rings is 1. The van der Waals surface area contributed by atoms with Crippen LogP contribution in [0.25, 0.3) is 0 Å². The van der Waals surface area contributed by atoms with E-state index in [9.17, 15) is 14.9 Å². The molecule has 0 aliphatic carbocycles. The van der Waals surface area contributed by atoms with Gasteiger partial charge in [0.1, 0.15) is 5.69 Å². The van der Waals surface area contributed by atoms with Gasteiger partial charge in [-0.15, -0.1) is 12.4 Å². The number of H-pyrrole nitrogens is 1. The number of carbonyl (C=O) groups is 1. The highest BCUT2D eigenvalue weighted by Crippen LogP contribution is 2.22. The topological polar surface area (TPSA) is 113 Å². The molecule has 1 aliphatic heterocycles. The summed E-state index contributed by atoms with van der Waals surface area (Å²) in [6.45, 7) is 4.30. The molecule has 0 bridgehead atoms. The van der Waals surface area contributed by atoms with Crippen molar-refractivity contribution in [3.63, 3.8) is 0 Å². The maximum atomic E-state index is 12.1. The molecule has 8 nitrogen and oxygen atoms in total. The largest absolute Gasteiger partial charge is 0.350 e. The Balaban J connectivity index is 0.00000242. The van der Waals surface area contributed by atoms with Crippen LogP contribution in [-0.4, -0.2) is 40.7 Å². The molecule has 1 aliphatic rings. The van der Waals surface area contributed by atoms with Crippen molar-refractivity contribution in [1.29, 1.82) is 0 Å². The molecule has 0 radical (unpaired) electrons. The van der Waals surface area contributed by atoms with Crippen molar-refractivity contribution in [2.24, 2.45) is 5.92 Å². The van der Waals surface area contributed by atoms with E-state index in [1.54, 1.807) is 0 Å². The fraction of sp³-hybridized carbons (Fsp3) is 0.692. The summed E-state index contributed by atoms with van der Waals surface area (Å²) in [6, 6.07) is 0. The van der Waals surface area contributed by atoms with Crippen molar-refractivity contribution >= 4 is 24.0 Å². The van der Waals surface area contributed by atoms with E-state index in [-0.39, 0.29) is 23.8 Å². The van der Waals surface area contributed by atoms with Crippen molar-refractivity contribution in [2.75, 3.05) is 19.6 Å². The number of hydrogen-bond acceptors (Lipinski definition) is 5. The average molecular weight is 332 g/mol. The van der Waals surface area contributed by atoms with Gasteiger partial charge in [-0.05, 0) is 38.3 Å². The molecule has 0 aromatic carbocycles. The number of rotatable bonds is 6. The zero-order chi connectivity index (χ0) is 15.2. The van der Waals surface area contributed by atoms with Gasteiger partial charge in [0.2, 0.25) is 5.69 Å². The summed E-state index contributed by atoms with van der Waals surface area (Å²) in [5, 5.41) is 23.6. The Morgan fingerprint density at radius 2 is 2.32 bits per heavy atom. The van der Waals surface area contributed by atoms with Crippen LogP contribution in [0.2, 0.25) is 0 Å². The van der Waals surface area contributed by atoms with Gasteiger partial charge < -0.3 is 10.6 Å². The number of aromatic amines is 1. The van der Waals surface area contributed by atoms with Crippen LogP contribution < -0.4 is 10.6 Å². The minimum Gasteiger partial charge on any atom is -0.350 e. The van der Waals surface area contributed by atoms with Crippen LogP contribution in [0, 0.1) is 16.0 Å². The van der Waals surface area contributed by atoms with Crippen LogP contribution in [0.1, 0.15) is 42.4 Å². The van der Waals surface area contributed by atoms with E-state index in [1.165, 1.54) is 0 Å². The molecule has 1 saturated heterocycles. The van der Waals surface area contributed by atoms with Crippen LogP contribution in [0.15, 0.2) is 0 Å². The number of amides is 1. The van der Waals surface area contributed by atoms with E-state index in [4.69, 9.17) is 0 Å². The van der Waals surface area contributed by atoms with Gasteiger partial charge in [-0.25, -0.2) is 0 Å².